The predicted octanol–water partition coefficient (Wildman–Crippen LogP) is 10.9. The minimum atomic E-state index is -1.17. The molecule has 0 saturated heterocycles. The number of hydrogen-bond acceptors (Lipinski definition) is 7. The number of carbonyl (C=O) groups is 2. The van der Waals surface area contributed by atoms with Gasteiger partial charge in [-0.05, 0) is 36.1 Å². The first kappa shape index (κ1) is 41.3. The van der Waals surface area contributed by atoms with Crippen molar-refractivity contribution in [1.82, 2.24) is 15.3 Å². The summed E-state index contributed by atoms with van der Waals surface area (Å²) in [6, 6.07) is 52.8. The number of aromatic nitrogens is 2. The van der Waals surface area contributed by atoms with Crippen LogP contribution in [0.3, 0.4) is 0 Å². The number of amides is 1. The van der Waals surface area contributed by atoms with Crippen LogP contribution in [0.15, 0.2) is 170 Å². The van der Waals surface area contributed by atoms with Gasteiger partial charge in [-0.3, -0.25) is 4.79 Å². The number of pyridine rings is 2. The molecule has 9 nitrogen and oxygen atoms in total. The first-order chi connectivity index (χ1) is 28.7. The van der Waals surface area contributed by atoms with Crippen molar-refractivity contribution in [3.63, 3.8) is 0 Å². The van der Waals surface area contributed by atoms with Crippen molar-refractivity contribution in [3.05, 3.63) is 192 Å². The monoisotopic (exact) mass is 782 g/mol. The lowest BCUT2D eigenvalue weighted by Crippen LogP contribution is -2.28. The summed E-state index contributed by atoms with van der Waals surface area (Å²) in [5.41, 5.74) is 11.5. The molecule has 296 valence electrons. The maximum atomic E-state index is 13.3. The first-order valence-electron chi connectivity index (χ1n) is 19.5. The summed E-state index contributed by atoms with van der Waals surface area (Å²) in [5.74, 6) is -1.88. The second-order valence-corrected chi connectivity index (χ2v) is 13.7. The molecule has 2 aromatic heterocycles. The van der Waals surface area contributed by atoms with Gasteiger partial charge in [0, 0.05) is 27.9 Å². The molecule has 0 aliphatic carbocycles. The van der Waals surface area contributed by atoms with E-state index in [1.165, 1.54) is 5.56 Å². The number of hydrogen-bond donors (Lipinski definition) is 5. The van der Waals surface area contributed by atoms with Gasteiger partial charge < -0.3 is 26.4 Å². The van der Waals surface area contributed by atoms with Gasteiger partial charge in [-0.15, -0.1) is 0 Å². The number of nitrogens with one attached hydrogen (secondary N) is 1. The lowest BCUT2D eigenvalue weighted by atomic mass is 10.00. The van der Waals surface area contributed by atoms with Crippen molar-refractivity contribution in [1.29, 1.82) is 0 Å². The molecular weight excluding hydrogens is 737 g/mol. The van der Waals surface area contributed by atoms with Crippen molar-refractivity contribution >= 4 is 33.7 Å². The Bertz CT molecular complexity index is 2640. The van der Waals surface area contributed by atoms with Crippen LogP contribution in [0.25, 0.3) is 44.3 Å². The summed E-state index contributed by atoms with van der Waals surface area (Å²) in [7, 11) is 0. The quantitative estimate of drug-likeness (QED) is 0.0967. The molecule has 0 radical (unpaired) electrons. The van der Waals surface area contributed by atoms with Crippen LogP contribution in [-0.4, -0.2) is 37.2 Å². The van der Waals surface area contributed by atoms with Crippen LogP contribution in [0.2, 0.25) is 0 Å². The normalized spacial score (nSPS) is 11.6. The number of nitrogens with zero attached hydrogens (tertiary/aromatic N) is 2. The zero-order chi connectivity index (χ0) is 41.7. The van der Waals surface area contributed by atoms with Crippen LogP contribution >= 0.6 is 0 Å². The molecule has 8 rings (SSSR count). The van der Waals surface area contributed by atoms with Gasteiger partial charge in [0.1, 0.15) is 17.0 Å². The molecule has 6 aromatic carbocycles. The molecule has 8 aromatic rings. The summed E-state index contributed by atoms with van der Waals surface area (Å²) < 4.78 is 0. The Balaban J connectivity index is 0.000000168. The highest BCUT2D eigenvalue weighted by atomic mass is 16.4. The van der Waals surface area contributed by atoms with E-state index >= 15 is 0 Å². The number of carboxylic acid groups (broad SMARTS) is 1. The van der Waals surface area contributed by atoms with Crippen molar-refractivity contribution in [3.8, 4) is 34.0 Å². The third-order valence-corrected chi connectivity index (χ3v) is 9.85. The molecule has 2 unspecified atom stereocenters. The molecule has 2 heterocycles. The largest absolute Gasteiger partial charge is 0.505 e. The van der Waals surface area contributed by atoms with Crippen LogP contribution in [0.5, 0.6) is 11.5 Å². The third-order valence-electron chi connectivity index (χ3n) is 9.85. The van der Waals surface area contributed by atoms with E-state index in [9.17, 15) is 24.9 Å². The van der Waals surface area contributed by atoms with Crippen molar-refractivity contribution in [2.24, 2.45) is 5.73 Å². The van der Waals surface area contributed by atoms with E-state index < -0.39 is 5.97 Å². The van der Waals surface area contributed by atoms with Crippen LogP contribution < -0.4 is 11.1 Å². The summed E-state index contributed by atoms with van der Waals surface area (Å²) in [6.45, 7) is 4.12. The van der Waals surface area contributed by atoms with E-state index in [0.29, 0.717) is 33.1 Å². The number of para-hydroxylation sites is 2. The SMILES string of the molecule is CCC(N)c1ccccc1.CCC(NC(=O)c1c(O)c(-c2ccccc2)nc2ccccc12)c1ccccc1.O=C(O)c1c(O)c(-c2ccccc2)nc2ccccc12. The molecule has 6 N–H and O–H groups in total. The Morgan fingerprint density at radius 1 is 0.542 bits per heavy atom. The highest BCUT2D eigenvalue weighted by Crippen LogP contribution is 2.37. The Labute approximate surface area is 343 Å². The minimum Gasteiger partial charge on any atom is -0.505 e. The zero-order valence-corrected chi connectivity index (χ0v) is 32.9. The van der Waals surface area contributed by atoms with Gasteiger partial charge >= 0.3 is 5.97 Å². The number of fused-ring (bicyclic) bond motifs is 2. The first-order valence-corrected chi connectivity index (χ1v) is 19.5. The Hall–Kier alpha value is -7.36. The summed E-state index contributed by atoms with van der Waals surface area (Å²) in [5, 5.41) is 34.8. The number of nitrogens with two attached hydrogens (primary N) is 1. The number of aromatic carboxylic acids is 1. The molecule has 59 heavy (non-hydrogen) atoms. The Kier molecular flexibility index (Phi) is 13.8. The van der Waals surface area contributed by atoms with Gasteiger partial charge in [0.25, 0.3) is 5.91 Å². The number of carbonyl (C=O) groups excluding carboxylic acids is 1. The number of rotatable bonds is 9. The summed E-state index contributed by atoms with van der Waals surface area (Å²) >= 11 is 0. The lowest BCUT2D eigenvalue weighted by molar-refractivity contribution is 0.0695. The van der Waals surface area contributed by atoms with Crippen molar-refractivity contribution in [2.75, 3.05) is 0 Å². The third kappa shape index (κ3) is 9.79. The predicted molar refractivity (Wildman–Crippen MR) is 235 cm³/mol. The Morgan fingerprint density at radius 3 is 1.37 bits per heavy atom. The van der Waals surface area contributed by atoms with E-state index in [2.05, 4.69) is 34.3 Å². The molecule has 2 atom stereocenters. The maximum Gasteiger partial charge on any atom is 0.340 e. The van der Waals surface area contributed by atoms with Crippen LogP contribution in [0.1, 0.15) is 70.6 Å². The van der Waals surface area contributed by atoms with E-state index in [-0.39, 0.29) is 46.3 Å². The van der Waals surface area contributed by atoms with Gasteiger partial charge in [0.15, 0.2) is 11.5 Å². The smallest absolute Gasteiger partial charge is 0.340 e. The number of carboxylic acids is 1. The molecule has 0 spiro atoms. The molecule has 9 heteroatoms. The molecule has 0 saturated carbocycles. The van der Waals surface area contributed by atoms with E-state index in [4.69, 9.17) is 5.73 Å². The fourth-order valence-corrected chi connectivity index (χ4v) is 6.72. The highest BCUT2D eigenvalue weighted by Gasteiger charge is 2.24. The van der Waals surface area contributed by atoms with Crippen LogP contribution in [-0.2, 0) is 0 Å². The van der Waals surface area contributed by atoms with Gasteiger partial charge in [-0.2, -0.15) is 0 Å². The number of benzene rings is 6. The lowest BCUT2D eigenvalue weighted by Gasteiger charge is -2.19. The zero-order valence-electron chi connectivity index (χ0n) is 32.9. The molecule has 1 amide bonds. The molecular formula is C50H46N4O5. The maximum absolute atomic E-state index is 13.3. The van der Waals surface area contributed by atoms with E-state index in [1.54, 1.807) is 36.4 Å². The second kappa shape index (κ2) is 19.7. The van der Waals surface area contributed by atoms with Crippen molar-refractivity contribution in [2.45, 2.75) is 38.8 Å². The summed E-state index contributed by atoms with van der Waals surface area (Å²) in [4.78, 5) is 33.7. The topological polar surface area (TPSA) is 159 Å². The van der Waals surface area contributed by atoms with Gasteiger partial charge in [-0.25, -0.2) is 14.8 Å². The molecule has 0 bridgehead atoms. The minimum absolute atomic E-state index is 0.102. The number of aromatic hydroxyl groups is 2. The van der Waals surface area contributed by atoms with Crippen LogP contribution in [0.4, 0.5) is 0 Å². The van der Waals surface area contributed by atoms with Crippen LogP contribution in [0, 0.1) is 0 Å². The average molecular weight is 783 g/mol. The Morgan fingerprint density at radius 2 is 0.932 bits per heavy atom. The molecule has 0 fully saturated rings. The summed E-state index contributed by atoms with van der Waals surface area (Å²) in [6.07, 6.45) is 1.75. The van der Waals surface area contributed by atoms with E-state index in [0.717, 1.165) is 24.0 Å². The van der Waals surface area contributed by atoms with Gasteiger partial charge in [0.05, 0.1) is 22.6 Å². The molecule has 0 aliphatic rings. The van der Waals surface area contributed by atoms with Crippen molar-refractivity contribution < 1.29 is 24.9 Å². The second-order valence-electron chi connectivity index (χ2n) is 13.7. The van der Waals surface area contributed by atoms with E-state index in [1.807, 2.05) is 128 Å². The van der Waals surface area contributed by atoms with Gasteiger partial charge in [-0.1, -0.05) is 172 Å². The fraction of sp³-hybridized carbons (Fsp3) is 0.120. The fourth-order valence-electron chi connectivity index (χ4n) is 6.72. The average Bonchev–Trinajstić information content (AvgIpc) is 3.29. The standard InChI is InChI=1S/C25H22N2O2.C16H11NO3.C9H13N/c1-2-20(17-11-5-3-6-12-17)27-25(29)22-19-15-9-10-16-21(19)26-23(24(22)28)18-13-7-4-8-14-18;18-15-13(16(19)20)11-8-4-5-9-12(11)17-14(15)10-6-2-1-3-7-10;1-2-9(10)8-6-4-3-5-7-8/h3-16,20,28H,2H2,1H3,(H,27,29);1-9,18H,(H,19,20);3-7,9H,2,10H2,1H3. The highest BCUT2D eigenvalue weighted by molar-refractivity contribution is 6.10. The van der Waals surface area contributed by atoms with Gasteiger partial charge in [0.2, 0.25) is 0 Å². The molecule has 0 aliphatic heterocycles.